The number of pyridine rings is 1. The molecule has 7 aromatic carbocycles. The number of benzene rings is 7. The van der Waals surface area contributed by atoms with Gasteiger partial charge in [0.25, 0.3) is 0 Å². The number of nitrogens with zero attached hydrogens (tertiary/aromatic N) is 3. The molecule has 0 saturated heterocycles. The van der Waals surface area contributed by atoms with Gasteiger partial charge in [0.05, 0.1) is 33.5 Å². The van der Waals surface area contributed by atoms with Crippen molar-refractivity contribution in [1.82, 2.24) is 14.1 Å². The quantitative estimate of drug-likeness (QED) is 0.184. The Kier molecular flexibility index (Phi) is 6.49. The summed E-state index contributed by atoms with van der Waals surface area (Å²) in [6, 6.07) is 67.2. The van der Waals surface area contributed by atoms with Crippen LogP contribution in [-0.4, -0.2) is 14.1 Å². The maximum Gasteiger partial charge on any atom is 0.0716 e. The number of fused-ring (bicyclic) bond motifs is 6. The predicted octanol–water partition coefficient (Wildman–Crippen LogP) is 12.3. The van der Waals surface area contributed by atoms with Crippen molar-refractivity contribution in [2.75, 3.05) is 0 Å². The fourth-order valence-corrected chi connectivity index (χ4v) is 7.63. The standard InChI is InChI=1S/C47H31N3/c1-2-14-32(15-3-1)35-30-42(33-16-12-18-36(28-33)49-44-24-8-4-20-38(44)39-21-5-9-25-45(39)49)48-43(31-35)34-17-13-19-37(29-34)50-46-26-10-6-22-40(46)41-23-7-11-27-47(41)50/h1-31H. The van der Waals surface area contributed by atoms with Crippen molar-refractivity contribution in [3.05, 3.63) is 188 Å². The first-order valence-corrected chi connectivity index (χ1v) is 17.1. The molecule has 0 atom stereocenters. The minimum Gasteiger partial charge on any atom is -0.309 e. The molecule has 234 valence electrons. The smallest absolute Gasteiger partial charge is 0.0716 e. The Balaban J connectivity index is 1.15. The fourth-order valence-electron chi connectivity index (χ4n) is 7.63. The number of para-hydroxylation sites is 4. The topological polar surface area (TPSA) is 22.8 Å². The van der Waals surface area contributed by atoms with Crippen molar-refractivity contribution >= 4 is 43.6 Å². The van der Waals surface area contributed by atoms with Gasteiger partial charge in [-0.25, -0.2) is 4.98 Å². The molecular weight excluding hydrogens is 607 g/mol. The van der Waals surface area contributed by atoms with E-state index in [4.69, 9.17) is 4.98 Å². The van der Waals surface area contributed by atoms with Crippen LogP contribution in [0.5, 0.6) is 0 Å². The van der Waals surface area contributed by atoms with Crippen LogP contribution in [0, 0.1) is 0 Å². The van der Waals surface area contributed by atoms with Crippen LogP contribution in [0.1, 0.15) is 0 Å². The summed E-state index contributed by atoms with van der Waals surface area (Å²) in [5.74, 6) is 0. The summed E-state index contributed by atoms with van der Waals surface area (Å²) in [6.07, 6.45) is 0. The molecule has 3 aromatic heterocycles. The Bertz CT molecular complexity index is 2590. The van der Waals surface area contributed by atoms with Crippen LogP contribution in [-0.2, 0) is 0 Å². The Morgan fingerprint density at radius 2 is 0.640 bits per heavy atom. The van der Waals surface area contributed by atoms with Crippen molar-refractivity contribution < 1.29 is 0 Å². The summed E-state index contributed by atoms with van der Waals surface area (Å²) in [5, 5.41) is 5.01. The Morgan fingerprint density at radius 1 is 0.280 bits per heavy atom. The molecule has 0 bridgehead atoms. The summed E-state index contributed by atoms with van der Waals surface area (Å²) >= 11 is 0. The molecule has 10 aromatic rings. The summed E-state index contributed by atoms with van der Waals surface area (Å²) in [7, 11) is 0. The van der Waals surface area contributed by atoms with Gasteiger partial charge in [-0.3, -0.25) is 0 Å². The van der Waals surface area contributed by atoms with E-state index in [-0.39, 0.29) is 0 Å². The van der Waals surface area contributed by atoms with Gasteiger partial charge < -0.3 is 9.13 Å². The summed E-state index contributed by atoms with van der Waals surface area (Å²) in [6.45, 7) is 0. The second-order valence-electron chi connectivity index (χ2n) is 12.8. The molecular formula is C47H31N3. The van der Waals surface area contributed by atoms with Crippen molar-refractivity contribution in [3.63, 3.8) is 0 Å². The van der Waals surface area contributed by atoms with Crippen molar-refractivity contribution in [1.29, 1.82) is 0 Å². The molecule has 0 radical (unpaired) electrons. The van der Waals surface area contributed by atoms with E-state index in [2.05, 4.69) is 197 Å². The van der Waals surface area contributed by atoms with E-state index < -0.39 is 0 Å². The first-order valence-electron chi connectivity index (χ1n) is 17.1. The van der Waals surface area contributed by atoms with Crippen LogP contribution in [0.3, 0.4) is 0 Å². The molecule has 0 unspecified atom stereocenters. The second-order valence-corrected chi connectivity index (χ2v) is 12.8. The van der Waals surface area contributed by atoms with Gasteiger partial charge >= 0.3 is 0 Å². The zero-order chi connectivity index (χ0) is 33.0. The molecule has 0 fully saturated rings. The van der Waals surface area contributed by atoms with E-state index in [1.54, 1.807) is 0 Å². The average molecular weight is 638 g/mol. The minimum atomic E-state index is 0.936. The van der Waals surface area contributed by atoms with Gasteiger partial charge in [0.2, 0.25) is 0 Å². The molecule has 0 saturated carbocycles. The number of rotatable bonds is 5. The van der Waals surface area contributed by atoms with Gasteiger partial charge in [-0.05, 0) is 71.8 Å². The van der Waals surface area contributed by atoms with Crippen LogP contribution in [0.4, 0.5) is 0 Å². The number of hydrogen-bond acceptors (Lipinski definition) is 1. The third-order valence-electron chi connectivity index (χ3n) is 9.89. The highest BCUT2D eigenvalue weighted by atomic mass is 15.0. The monoisotopic (exact) mass is 637 g/mol. The maximum absolute atomic E-state index is 5.38. The lowest BCUT2D eigenvalue weighted by Gasteiger charge is -2.14. The lowest BCUT2D eigenvalue weighted by molar-refractivity contribution is 1.17. The Hall–Kier alpha value is -6.71. The normalized spacial score (nSPS) is 11.6. The maximum atomic E-state index is 5.38. The summed E-state index contributed by atoms with van der Waals surface area (Å²) in [5.41, 5.74) is 13.3. The van der Waals surface area contributed by atoms with Gasteiger partial charge in [0, 0.05) is 44.0 Å². The predicted molar refractivity (Wildman–Crippen MR) is 209 cm³/mol. The van der Waals surface area contributed by atoms with Crippen LogP contribution >= 0.6 is 0 Å². The van der Waals surface area contributed by atoms with Crippen LogP contribution in [0.15, 0.2) is 188 Å². The molecule has 0 spiro atoms. The molecule has 50 heavy (non-hydrogen) atoms. The van der Waals surface area contributed by atoms with Gasteiger partial charge in [-0.1, -0.05) is 127 Å². The van der Waals surface area contributed by atoms with Gasteiger partial charge in [-0.15, -0.1) is 0 Å². The largest absolute Gasteiger partial charge is 0.309 e. The number of hydrogen-bond donors (Lipinski definition) is 0. The summed E-state index contributed by atoms with van der Waals surface area (Å²) < 4.78 is 4.73. The molecule has 0 aliphatic heterocycles. The van der Waals surface area contributed by atoms with Crippen molar-refractivity contribution in [2.45, 2.75) is 0 Å². The third-order valence-corrected chi connectivity index (χ3v) is 9.89. The molecule has 0 amide bonds. The van der Waals surface area contributed by atoms with Crippen LogP contribution in [0.25, 0.3) is 88.6 Å². The van der Waals surface area contributed by atoms with Gasteiger partial charge in [0.1, 0.15) is 0 Å². The second kappa shape index (κ2) is 11.5. The van der Waals surface area contributed by atoms with E-state index in [1.807, 2.05) is 0 Å². The van der Waals surface area contributed by atoms with E-state index in [0.717, 1.165) is 45.0 Å². The zero-order valence-electron chi connectivity index (χ0n) is 27.2. The Labute approximate surface area is 290 Å². The van der Waals surface area contributed by atoms with Crippen molar-refractivity contribution in [3.8, 4) is 45.0 Å². The molecule has 0 aliphatic carbocycles. The number of aromatic nitrogens is 3. The molecule has 0 N–H and O–H groups in total. The molecule has 3 heteroatoms. The first-order chi connectivity index (χ1) is 24.8. The fraction of sp³-hybridized carbons (Fsp3) is 0. The zero-order valence-corrected chi connectivity index (χ0v) is 27.2. The summed E-state index contributed by atoms with van der Waals surface area (Å²) in [4.78, 5) is 5.38. The molecule has 0 aliphatic rings. The van der Waals surface area contributed by atoms with Gasteiger partial charge in [-0.2, -0.15) is 0 Å². The molecule has 10 rings (SSSR count). The Morgan fingerprint density at radius 3 is 1.06 bits per heavy atom. The highest BCUT2D eigenvalue weighted by Gasteiger charge is 2.16. The van der Waals surface area contributed by atoms with E-state index in [0.29, 0.717) is 0 Å². The van der Waals surface area contributed by atoms with Crippen LogP contribution in [0.2, 0.25) is 0 Å². The van der Waals surface area contributed by atoms with Crippen molar-refractivity contribution in [2.24, 2.45) is 0 Å². The minimum absolute atomic E-state index is 0.936. The van der Waals surface area contributed by atoms with E-state index in [9.17, 15) is 0 Å². The van der Waals surface area contributed by atoms with E-state index in [1.165, 1.54) is 43.6 Å². The molecule has 3 nitrogen and oxygen atoms in total. The van der Waals surface area contributed by atoms with Crippen LogP contribution < -0.4 is 0 Å². The first kappa shape index (κ1) is 28.3. The third kappa shape index (κ3) is 4.56. The van der Waals surface area contributed by atoms with E-state index >= 15 is 0 Å². The SMILES string of the molecule is c1ccc(-c2cc(-c3cccc(-n4c5ccccc5c5ccccc54)c3)nc(-c3cccc(-n4c5ccccc5c5ccccc54)c3)c2)cc1. The highest BCUT2D eigenvalue weighted by Crippen LogP contribution is 2.36. The van der Waals surface area contributed by atoms with Gasteiger partial charge in [0.15, 0.2) is 0 Å². The lowest BCUT2D eigenvalue weighted by atomic mass is 9.99. The highest BCUT2D eigenvalue weighted by molar-refractivity contribution is 6.10. The lowest BCUT2D eigenvalue weighted by Crippen LogP contribution is -1.97. The molecule has 3 heterocycles. The average Bonchev–Trinajstić information content (AvgIpc) is 3.71.